The van der Waals surface area contributed by atoms with Crippen molar-refractivity contribution in [2.45, 2.75) is 12.5 Å². The highest BCUT2D eigenvalue weighted by atomic mass is 16.6. The fourth-order valence-electron chi connectivity index (χ4n) is 2.67. The van der Waals surface area contributed by atoms with Crippen molar-refractivity contribution in [1.29, 1.82) is 0 Å². The predicted octanol–water partition coefficient (Wildman–Crippen LogP) is 0.717. The maximum Gasteiger partial charge on any atom is 0.436 e. The van der Waals surface area contributed by atoms with Gasteiger partial charge in [-0.2, -0.15) is 0 Å². The van der Waals surface area contributed by atoms with Crippen LogP contribution in [0.5, 0.6) is 0 Å². The summed E-state index contributed by atoms with van der Waals surface area (Å²) >= 11 is 0. The zero-order valence-corrected chi connectivity index (χ0v) is 12.8. The third-order valence-corrected chi connectivity index (χ3v) is 3.78. The van der Waals surface area contributed by atoms with E-state index in [9.17, 15) is 14.4 Å². The maximum absolute atomic E-state index is 12.1. The van der Waals surface area contributed by atoms with Crippen LogP contribution >= 0.6 is 0 Å². The Hall–Kier alpha value is -2.45. The molecule has 22 heavy (non-hydrogen) atoms. The molecule has 1 aliphatic carbocycles. The maximum atomic E-state index is 12.1. The van der Waals surface area contributed by atoms with E-state index < -0.39 is 12.2 Å². The third-order valence-electron chi connectivity index (χ3n) is 3.78. The van der Waals surface area contributed by atoms with Crippen LogP contribution in [0.15, 0.2) is 12.0 Å². The average Bonchev–Trinajstić information content (AvgIpc) is 3.23. The van der Waals surface area contributed by atoms with Gasteiger partial charge in [0.2, 0.25) is 5.88 Å². The van der Waals surface area contributed by atoms with Gasteiger partial charge in [-0.15, -0.1) is 5.01 Å². The van der Waals surface area contributed by atoms with Crippen molar-refractivity contribution < 1.29 is 33.3 Å². The van der Waals surface area contributed by atoms with Crippen LogP contribution in [0, 0.1) is 11.8 Å². The van der Waals surface area contributed by atoms with E-state index >= 15 is 0 Å². The number of rotatable bonds is 3. The lowest BCUT2D eigenvalue weighted by molar-refractivity contribution is -0.141. The van der Waals surface area contributed by atoms with Crippen LogP contribution in [0.25, 0.3) is 0 Å². The van der Waals surface area contributed by atoms with E-state index in [4.69, 9.17) is 9.47 Å². The molecule has 0 saturated heterocycles. The standard InChI is InChI=1S/C13H18N2O7/c1-19-9-5-7-8(6-10(16)20-2)11(7)15(13(18)22-4)14(9)12(17)21-3/h5,7-8,11H,6H2,1-4H3/t7-,8+,11-/m0/s1. The van der Waals surface area contributed by atoms with Gasteiger partial charge >= 0.3 is 18.2 Å². The number of hydrazine groups is 1. The van der Waals surface area contributed by atoms with Gasteiger partial charge in [0.05, 0.1) is 40.9 Å². The van der Waals surface area contributed by atoms with Crippen molar-refractivity contribution in [2.24, 2.45) is 11.8 Å². The zero-order valence-electron chi connectivity index (χ0n) is 12.8. The van der Waals surface area contributed by atoms with Gasteiger partial charge in [-0.25, -0.2) is 14.6 Å². The molecule has 1 fully saturated rings. The minimum absolute atomic E-state index is 0.117. The number of amides is 2. The van der Waals surface area contributed by atoms with Crippen molar-refractivity contribution in [3.8, 4) is 0 Å². The average molecular weight is 314 g/mol. The molecule has 0 aromatic rings. The number of esters is 1. The number of carbonyl (C=O) groups excluding carboxylic acids is 3. The molecular weight excluding hydrogens is 296 g/mol. The van der Waals surface area contributed by atoms with Gasteiger partial charge in [0.25, 0.3) is 0 Å². The Labute approximate surface area is 127 Å². The molecular formula is C13H18N2O7. The summed E-state index contributed by atoms with van der Waals surface area (Å²) in [5, 5.41) is 2.08. The molecule has 0 bridgehead atoms. The van der Waals surface area contributed by atoms with Crippen molar-refractivity contribution in [3.63, 3.8) is 0 Å². The molecule has 2 aliphatic rings. The van der Waals surface area contributed by atoms with Crippen LogP contribution in [-0.2, 0) is 23.7 Å². The van der Waals surface area contributed by atoms with E-state index in [2.05, 4.69) is 9.47 Å². The highest BCUT2D eigenvalue weighted by molar-refractivity contribution is 5.77. The molecule has 3 atom stereocenters. The second-order valence-corrected chi connectivity index (χ2v) is 4.82. The molecule has 122 valence electrons. The van der Waals surface area contributed by atoms with Crippen LogP contribution in [0.2, 0.25) is 0 Å². The molecule has 1 heterocycles. The lowest BCUT2D eigenvalue weighted by Gasteiger charge is -2.35. The number of ether oxygens (including phenoxy) is 4. The lowest BCUT2D eigenvalue weighted by Crippen LogP contribution is -2.53. The first-order valence-corrected chi connectivity index (χ1v) is 6.57. The fraction of sp³-hybridized carbons (Fsp3) is 0.615. The van der Waals surface area contributed by atoms with Crippen molar-refractivity contribution in [3.05, 3.63) is 12.0 Å². The highest BCUT2D eigenvalue weighted by Crippen LogP contribution is 2.51. The Kier molecular flexibility index (Phi) is 4.43. The summed E-state index contributed by atoms with van der Waals surface area (Å²) < 4.78 is 19.2. The van der Waals surface area contributed by atoms with E-state index in [1.54, 1.807) is 6.08 Å². The second kappa shape index (κ2) is 6.12. The summed E-state index contributed by atoms with van der Waals surface area (Å²) in [6.07, 6.45) is 0.285. The van der Waals surface area contributed by atoms with Crippen LogP contribution in [0.4, 0.5) is 9.59 Å². The van der Waals surface area contributed by atoms with E-state index in [0.717, 1.165) is 10.0 Å². The summed E-state index contributed by atoms with van der Waals surface area (Å²) in [6, 6.07) is -0.385. The molecule has 0 N–H and O–H groups in total. The monoisotopic (exact) mass is 314 g/mol. The molecule has 2 amide bonds. The van der Waals surface area contributed by atoms with Gasteiger partial charge in [0.1, 0.15) is 0 Å². The molecule has 9 heteroatoms. The Morgan fingerprint density at radius 1 is 1.05 bits per heavy atom. The lowest BCUT2D eigenvalue weighted by atomic mass is 10.2. The van der Waals surface area contributed by atoms with Crippen molar-refractivity contribution in [2.75, 3.05) is 28.4 Å². The van der Waals surface area contributed by atoms with Crippen molar-refractivity contribution >= 4 is 18.2 Å². The van der Waals surface area contributed by atoms with Gasteiger partial charge < -0.3 is 18.9 Å². The molecule has 0 aromatic carbocycles. The van der Waals surface area contributed by atoms with E-state index in [-0.39, 0.29) is 36.2 Å². The first-order valence-electron chi connectivity index (χ1n) is 6.57. The minimum atomic E-state index is -0.791. The third kappa shape index (κ3) is 2.53. The molecule has 0 unspecified atom stereocenters. The summed E-state index contributed by atoms with van der Waals surface area (Å²) in [5.41, 5.74) is 0. The van der Waals surface area contributed by atoms with Crippen LogP contribution in [0.1, 0.15) is 6.42 Å². The minimum Gasteiger partial charge on any atom is -0.481 e. The van der Waals surface area contributed by atoms with Gasteiger partial charge in [0, 0.05) is 11.8 Å². The normalized spacial score (nSPS) is 25.6. The SMILES string of the molecule is COC(=O)C[C@@H]1[C@@H]2C=C(OC)N(C(=O)OC)N(C(=O)OC)[C@@H]21. The second-order valence-electron chi connectivity index (χ2n) is 4.82. The van der Waals surface area contributed by atoms with Crippen molar-refractivity contribution in [1.82, 2.24) is 10.0 Å². The first-order chi connectivity index (χ1) is 10.5. The number of nitrogens with zero attached hydrogens (tertiary/aromatic N) is 2. The smallest absolute Gasteiger partial charge is 0.436 e. The Morgan fingerprint density at radius 2 is 1.68 bits per heavy atom. The van der Waals surface area contributed by atoms with E-state index in [1.165, 1.54) is 28.4 Å². The van der Waals surface area contributed by atoms with Crippen LogP contribution in [-0.4, -0.2) is 62.7 Å². The molecule has 2 rings (SSSR count). The van der Waals surface area contributed by atoms with E-state index in [0.29, 0.717) is 0 Å². The molecule has 1 aliphatic heterocycles. The number of carbonyl (C=O) groups is 3. The van der Waals surface area contributed by atoms with Gasteiger partial charge in [-0.3, -0.25) is 4.79 Å². The number of fused-ring (bicyclic) bond motifs is 1. The molecule has 0 radical (unpaired) electrons. The largest absolute Gasteiger partial charge is 0.481 e. The fourth-order valence-corrected chi connectivity index (χ4v) is 2.67. The highest BCUT2D eigenvalue weighted by Gasteiger charge is 2.61. The zero-order chi connectivity index (χ0) is 16.4. The summed E-state index contributed by atoms with van der Waals surface area (Å²) in [5.74, 6) is -0.535. The summed E-state index contributed by atoms with van der Waals surface area (Å²) in [6.45, 7) is 0. The number of methoxy groups -OCH3 is 4. The number of hydrogen-bond donors (Lipinski definition) is 0. The Morgan fingerprint density at radius 3 is 2.18 bits per heavy atom. The first kappa shape index (κ1) is 15.9. The molecule has 9 nitrogen and oxygen atoms in total. The van der Waals surface area contributed by atoms with Crippen LogP contribution in [0.3, 0.4) is 0 Å². The summed E-state index contributed by atoms with van der Waals surface area (Å²) in [7, 11) is 5.06. The molecule has 0 aromatic heterocycles. The van der Waals surface area contributed by atoms with Gasteiger partial charge in [-0.1, -0.05) is 0 Å². The van der Waals surface area contributed by atoms with E-state index in [1.807, 2.05) is 0 Å². The number of hydrogen-bond acceptors (Lipinski definition) is 7. The quantitative estimate of drug-likeness (QED) is 0.559. The summed E-state index contributed by atoms with van der Waals surface area (Å²) in [4.78, 5) is 35.5. The molecule has 0 spiro atoms. The topological polar surface area (TPSA) is 94.6 Å². The molecule has 1 saturated carbocycles. The van der Waals surface area contributed by atoms with Gasteiger partial charge in [0.15, 0.2) is 0 Å². The Bertz CT molecular complexity index is 519. The Balaban J connectivity index is 2.31. The predicted molar refractivity (Wildman–Crippen MR) is 71.0 cm³/mol. The van der Waals surface area contributed by atoms with Crippen LogP contribution < -0.4 is 0 Å². The van der Waals surface area contributed by atoms with Gasteiger partial charge in [-0.05, 0) is 6.08 Å².